The molecule has 2 fully saturated rings. The van der Waals surface area contributed by atoms with Crippen LogP contribution >= 0.6 is 0 Å². The van der Waals surface area contributed by atoms with Crippen LogP contribution in [0.1, 0.15) is 67.2 Å². The first-order valence-electron chi connectivity index (χ1n) is 12.4. The average molecular weight is 475 g/mol. The van der Waals surface area contributed by atoms with E-state index >= 15 is 0 Å². The van der Waals surface area contributed by atoms with Gasteiger partial charge in [0.05, 0.1) is 12.2 Å². The Labute approximate surface area is 201 Å². The van der Waals surface area contributed by atoms with Gasteiger partial charge in [-0.2, -0.15) is 0 Å². The van der Waals surface area contributed by atoms with Crippen molar-refractivity contribution in [1.29, 1.82) is 0 Å². The lowest BCUT2D eigenvalue weighted by Crippen LogP contribution is -2.64. The van der Waals surface area contributed by atoms with Crippen LogP contribution in [0.4, 0.5) is 0 Å². The van der Waals surface area contributed by atoms with Gasteiger partial charge >= 0.3 is 5.97 Å². The van der Waals surface area contributed by atoms with Crippen LogP contribution in [-0.4, -0.2) is 56.3 Å². The Morgan fingerprint density at radius 2 is 1.85 bits per heavy atom. The Kier molecular flexibility index (Phi) is 5.82. The van der Waals surface area contributed by atoms with Crippen LogP contribution in [0.25, 0.3) is 0 Å². The molecule has 4 aliphatic rings. The van der Waals surface area contributed by atoms with Crippen molar-refractivity contribution >= 4 is 17.5 Å². The standard InChI is InChI=1S/C27H38O7/c1-7-8-21(30)34-27-18(10-15(3)29)16(4)26(33)19(22(27)24(27,5)6)11-17(13-28)12-25(32)20(26)9-14(2)23(25)31/h9,11,16,18-20,22,28,32-33H,7-8,10,12-13H2,1-6H3/t16-,18-,19+,20-,22-,25-,26-,27+/m1/s1. The van der Waals surface area contributed by atoms with Crippen LogP contribution in [0.3, 0.4) is 0 Å². The molecular weight excluding hydrogens is 436 g/mol. The molecule has 0 aliphatic heterocycles. The number of hydrogen-bond acceptors (Lipinski definition) is 7. The molecule has 0 radical (unpaired) electrons. The first-order valence-corrected chi connectivity index (χ1v) is 12.4. The van der Waals surface area contributed by atoms with Gasteiger partial charge in [-0.15, -0.1) is 0 Å². The fraction of sp³-hybridized carbons (Fsp3) is 0.741. The number of rotatable bonds is 6. The Hall–Kier alpha value is -1.83. The van der Waals surface area contributed by atoms with Gasteiger partial charge in [0.15, 0.2) is 5.78 Å². The highest BCUT2D eigenvalue weighted by Crippen LogP contribution is 2.78. The molecule has 188 valence electrons. The molecule has 4 aliphatic carbocycles. The maximum atomic E-state index is 13.1. The molecule has 0 heterocycles. The highest BCUT2D eigenvalue weighted by atomic mass is 16.6. The Morgan fingerprint density at radius 1 is 1.21 bits per heavy atom. The zero-order valence-corrected chi connectivity index (χ0v) is 21.1. The topological polar surface area (TPSA) is 121 Å². The van der Waals surface area contributed by atoms with Crippen molar-refractivity contribution in [2.24, 2.45) is 35.0 Å². The lowest BCUT2D eigenvalue weighted by atomic mass is 9.56. The molecular formula is C27H38O7. The fourth-order valence-corrected chi connectivity index (χ4v) is 7.98. The third kappa shape index (κ3) is 3.02. The number of esters is 1. The lowest BCUT2D eigenvalue weighted by molar-refractivity contribution is -0.205. The van der Waals surface area contributed by atoms with Crippen molar-refractivity contribution in [1.82, 2.24) is 0 Å². The predicted molar refractivity (Wildman–Crippen MR) is 124 cm³/mol. The SMILES string of the molecule is CCCC(=O)O[C@@]12[C@H](CC(C)=O)[C@@H](C)[C@@]3(O)[C@@H](C=C(CO)C[C@]4(O)C(=O)C(C)=C[C@@H]34)[C@@H]1C2(C)C. The molecule has 0 spiro atoms. The predicted octanol–water partition coefficient (Wildman–Crippen LogP) is 2.52. The highest BCUT2D eigenvalue weighted by molar-refractivity contribution is 6.04. The number of ketones is 2. The number of Topliss-reactive ketones (excluding diaryl/α,β-unsaturated/α-hetero) is 2. The van der Waals surface area contributed by atoms with Gasteiger partial charge in [0.25, 0.3) is 0 Å². The third-order valence-corrected chi connectivity index (χ3v) is 9.48. The van der Waals surface area contributed by atoms with Crippen LogP contribution in [-0.2, 0) is 19.1 Å². The lowest BCUT2D eigenvalue weighted by Gasteiger charge is -2.53. The van der Waals surface area contributed by atoms with Crippen molar-refractivity contribution < 1.29 is 34.4 Å². The number of fused-ring (bicyclic) bond motifs is 5. The first-order chi connectivity index (χ1) is 15.7. The minimum atomic E-state index is -1.87. The molecule has 3 N–H and O–H groups in total. The van der Waals surface area contributed by atoms with E-state index in [2.05, 4.69) is 0 Å². The van der Waals surface area contributed by atoms with Gasteiger partial charge in [0, 0.05) is 48.3 Å². The summed E-state index contributed by atoms with van der Waals surface area (Å²) >= 11 is 0. The molecule has 0 aromatic carbocycles. The van der Waals surface area contributed by atoms with Crippen LogP contribution < -0.4 is 0 Å². The molecule has 2 saturated carbocycles. The number of aliphatic hydroxyl groups is 3. The summed E-state index contributed by atoms with van der Waals surface area (Å²) in [6.45, 7) is 10.5. The van der Waals surface area contributed by atoms with Gasteiger partial charge < -0.3 is 24.9 Å². The second kappa shape index (κ2) is 7.84. The van der Waals surface area contributed by atoms with Gasteiger partial charge in [0.2, 0.25) is 0 Å². The van der Waals surface area contributed by atoms with Crippen molar-refractivity contribution in [3.8, 4) is 0 Å². The van der Waals surface area contributed by atoms with E-state index in [0.29, 0.717) is 17.6 Å². The second-order valence-electron chi connectivity index (χ2n) is 11.7. The van der Waals surface area contributed by atoms with Crippen LogP contribution in [0.15, 0.2) is 23.3 Å². The van der Waals surface area contributed by atoms with Gasteiger partial charge in [-0.25, -0.2) is 0 Å². The molecule has 8 atom stereocenters. The van der Waals surface area contributed by atoms with E-state index in [9.17, 15) is 29.7 Å². The summed E-state index contributed by atoms with van der Waals surface area (Å²) in [6, 6.07) is 0. The van der Waals surface area contributed by atoms with E-state index in [4.69, 9.17) is 4.74 Å². The maximum absolute atomic E-state index is 13.1. The monoisotopic (exact) mass is 474 g/mol. The molecule has 0 amide bonds. The van der Waals surface area contributed by atoms with Crippen LogP contribution in [0.2, 0.25) is 0 Å². The minimum Gasteiger partial charge on any atom is -0.458 e. The van der Waals surface area contributed by atoms with E-state index in [1.807, 2.05) is 27.7 Å². The smallest absolute Gasteiger partial charge is 0.306 e. The van der Waals surface area contributed by atoms with Crippen molar-refractivity contribution in [2.45, 2.75) is 84.0 Å². The molecule has 0 unspecified atom stereocenters. The van der Waals surface area contributed by atoms with Crippen LogP contribution in [0.5, 0.6) is 0 Å². The van der Waals surface area contributed by atoms with E-state index < -0.39 is 51.7 Å². The van der Waals surface area contributed by atoms with Gasteiger partial charge in [-0.05, 0) is 37.3 Å². The molecule has 4 rings (SSSR count). The Bertz CT molecular complexity index is 993. The molecule has 7 nitrogen and oxygen atoms in total. The summed E-state index contributed by atoms with van der Waals surface area (Å²) in [4.78, 5) is 38.3. The summed E-state index contributed by atoms with van der Waals surface area (Å²) in [7, 11) is 0. The zero-order chi connectivity index (χ0) is 25.4. The number of carbonyl (C=O) groups is 3. The van der Waals surface area contributed by atoms with Gasteiger partial charge in [-0.1, -0.05) is 39.8 Å². The number of carbonyl (C=O) groups excluding carboxylic acids is 3. The van der Waals surface area contributed by atoms with Crippen molar-refractivity contribution in [3.05, 3.63) is 23.3 Å². The minimum absolute atomic E-state index is 0.0699. The van der Waals surface area contributed by atoms with Gasteiger partial charge in [0.1, 0.15) is 17.0 Å². The average Bonchev–Trinajstić information content (AvgIpc) is 3.17. The van der Waals surface area contributed by atoms with Crippen molar-refractivity contribution in [3.63, 3.8) is 0 Å². The van der Waals surface area contributed by atoms with E-state index in [0.717, 1.165) is 0 Å². The fourth-order valence-electron chi connectivity index (χ4n) is 7.98. The van der Waals surface area contributed by atoms with E-state index in [1.54, 1.807) is 19.1 Å². The van der Waals surface area contributed by atoms with Gasteiger partial charge in [-0.3, -0.25) is 9.59 Å². The molecule has 0 saturated heterocycles. The van der Waals surface area contributed by atoms with E-state index in [-0.39, 0.29) is 43.5 Å². The molecule has 0 aromatic rings. The highest BCUT2D eigenvalue weighted by Gasteiger charge is 2.86. The largest absolute Gasteiger partial charge is 0.458 e. The molecule has 0 bridgehead atoms. The number of hydrogen-bond donors (Lipinski definition) is 3. The number of aliphatic hydroxyl groups excluding tert-OH is 1. The summed E-state index contributed by atoms with van der Waals surface area (Å²) in [5.41, 5.74) is -4.08. The van der Waals surface area contributed by atoms with Crippen molar-refractivity contribution in [2.75, 3.05) is 6.61 Å². The Balaban J connectivity index is 1.94. The summed E-state index contributed by atoms with van der Waals surface area (Å²) in [5, 5.41) is 34.3. The number of ether oxygens (including phenoxy) is 1. The van der Waals surface area contributed by atoms with E-state index in [1.165, 1.54) is 6.92 Å². The Morgan fingerprint density at radius 3 is 2.41 bits per heavy atom. The first kappa shape index (κ1) is 25.3. The zero-order valence-electron chi connectivity index (χ0n) is 21.1. The molecule has 34 heavy (non-hydrogen) atoms. The summed E-state index contributed by atoms with van der Waals surface area (Å²) in [6.07, 6.45) is 4.41. The molecule has 7 heteroatoms. The van der Waals surface area contributed by atoms with Crippen LogP contribution in [0, 0.1) is 35.0 Å². The quantitative estimate of drug-likeness (QED) is 0.399. The second-order valence-corrected chi connectivity index (χ2v) is 11.7. The molecule has 0 aromatic heterocycles. The summed E-state index contributed by atoms with van der Waals surface area (Å²) in [5.74, 6) is -3.71. The summed E-state index contributed by atoms with van der Waals surface area (Å²) < 4.78 is 6.24. The third-order valence-electron chi connectivity index (χ3n) is 9.48. The normalized spacial score (nSPS) is 44.1. The maximum Gasteiger partial charge on any atom is 0.306 e.